The second-order valence-electron chi connectivity index (χ2n) is 6.66. The van der Waals surface area contributed by atoms with Gasteiger partial charge in [-0.05, 0) is 54.4 Å². The highest BCUT2D eigenvalue weighted by Crippen LogP contribution is 2.22. The van der Waals surface area contributed by atoms with Crippen molar-refractivity contribution in [3.63, 3.8) is 0 Å². The molecule has 0 spiro atoms. The number of nitrogens with zero attached hydrogens (tertiary/aromatic N) is 1. The highest BCUT2D eigenvalue weighted by atomic mass is 19.1. The molecule has 0 aliphatic heterocycles. The van der Waals surface area contributed by atoms with E-state index in [1.165, 1.54) is 17.7 Å². The quantitative estimate of drug-likeness (QED) is 0.455. The topological polar surface area (TPSA) is 67.0 Å². The van der Waals surface area contributed by atoms with E-state index in [2.05, 4.69) is 15.3 Å². The SMILES string of the molecule is O=C(COCCc1ccccc1)Nc1ccc(-c2nc3ccc(F)cc3[nH]2)cc1. The van der Waals surface area contributed by atoms with E-state index in [1.54, 1.807) is 18.2 Å². The Hall–Kier alpha value is -3.51. The summed E-state index contributed by atoms with van der Waals surface area (Å²) in [5, 5.41) is 2.81. The number of rotatable bonds is 7. The first kappa shape index (κ1) is 18.8. The minimum atomic E-state index is -0.309. The van der Waals surface area contributed by atoms with Crippen molar-refractivity contribution in [1.82, 2.24) is 9.97 Å². The van der Waals surface area contributed by atoms with E-state index in [4.69, 9.17) is 4.74 Å². The van der Waals surface area contributed by atoms with Crippen molar-refractivity contribution in [3.05, 3.63) is 84.2 Å². The third kappa shape index (κ3) is 4.86. The maximum Gasteiger partial charge on any atom is 0.250 e. The fourth-order valence-corrected chi connectivity index (χ4v) is 3.03. The molecular weight excluding hydrogens is 369 g/mol. The van der Waals surface area contributed by atoms with Gasteiger partial charge in [0.2, 0.25) is 5.91 Å². The third-order valence-electron chi connectivity index (χ3n) is 4.50. The Labute approximate surface area is 167 Å². The van der Waals surface area contributed by atoms with Crippen LogP contribution in [0.3, 0.4) is 0 Å². The Morgan fingerprint density at radius 1 is 1.03 bits per heavy atom. The number of carbonyl (C=O) groups is 1. The van der Waals surface area contributed by atoms with E-state index in [-0.39, 0.29) is 18.3 Å². The predicted molar refractivity (Wildman–Crippen MR) is 111 cm³/mol. The second kappa shape index (κ2) is 8.67. The number of aromatic amines is 1. The van der Waals surface area contributed by atoms with Gasteiger partial charge in [-0.1, -0.05) is 30.3 Å². The van der Waals surface area contributed by atoms with Crippen LogP contribution in [-0.4, -0.2) is 29.1 Å². The largest absolute Gasteiger partial charge is 0.371 e. The van der Waals surface area contributed by atoms with Gasteiger partial charge in [0.25, 0.3) is 0 Å². The molecule has 146 valence electrons. The molecule has 1 aromatic heterocycles. The number of carbonyl (C=O) groups excluding carboxylic acids is 1. The number of H-pyrrole nitrogens is 1. The fourth-order valence-electron chi connectivity index (χ4n) is 3.03. The maximum absolute atomic E-state index is 13.3. The van der Waals surface area contributed by atoms with Crippen LogP contribution < -0.4 is 5.32 Å². The molecule has 0 fully saturated rings. The summed E-state index contributed by atoms with van der Waals surface area (Å²) in [6.45, 7) is 0.493. The predicted octanol–water partition coefficient (Wildman–Crippen LogP) is 4.57. The lowest BCUT2D eigenvalue weighted by Gasteiger charge is -2.07. The molecule has 0 aliphatic rings. The summed E-state index contributed by atoms with van der Waals surface area (Å²) in [5.41, 5.74) is 4.04. The molecule has 1 amide bonds. The van der Waals surface area contributed by atoms with E-state index in [9.17, 15) is 9.18 Å². The molecule has 3 aromatic carbocycles. The van der Waals surface area contributed by atoms with Gasteiger partial charge in [-0.15, -0.1) is 0 Å². The van der Waals surface area contributed by atoms with Crippen LogP contribution in [0.15, 0.2) is 72.8 Å². The van der Waals surface area contributed by atoms with Gasteiger partial charge >= 0.3 is 0 Å². The van der Waals surface area contributed by atoms with Crippen LogP contribution in [0.25, 0.3) is 22.4 Å². The number of hydrogen-bond donors (Lipinski definition) is 2. The Bertz CT molecular complexity index is 1110. The van der Waals surface area contributed by atoms with E-state index in [0.717, 1.165) is 12.0 Å². The van der Waals surface area contributed by atoms with Crippen molar-refractivity contribution >= 4 is 22.6 Å². The van der Waals surface area contributed by atoms with Crippen molar-refractivity contribution in [2.45, 2.75) is 6.42 Å². The molecule has 29 heavy (non-hydrogen) atoms. The third-order valence-corrected chi connectivity index (χ3v) is 4.50. The number of benzene rings is 3. The highest BCUT2D eigenvalue weighted by Gasteiger charge is 2.07. The van der Waals surface area contributed by atoms with Crippen LogP contribution >= 0.6 is 0 Å². The molecule has 0 bridgehead atoms. The Kier molecular flexibility index (Phi) is 5.63. The Morgan fingerprint density at radius 3 is 2.62 bits per heavy atom. The van der Waals surface area contributed by atoms with E-state index in [0.29, 0.717) is 29.2 Å². The standard InChI is InChI=1S/C23H20FN3O2/c24-18-8-11-20-21(14-18)27-23(26-20)17-6-9-19(10-7-17)25-22(28)15-29-13-12-16-4-2-1-3-5-16/h1-11,14H,12-13,15H2,(H,25,28)(H,26,27). The number of halogens is 1. The van der Waals surface area contributed by atoms with Crippen LogP contribution in [0.2, 0.25) is 0 Å². The zero-order valence-electron chi connectivity index (χ0n) is 15.7. The molecule has 0 saturated carbocycles. The number of nitrogens with one attached hydrogen (secondary N) is 2. The van der Waals surface area contributed by atoms with Crippen molar-refractivity contribution in [2.75, 3.05) is 18.5 Å². The molecule has 6 heteroatoms. The summed E-state index contributed by atoms with van der Waals surface area (Å²) in [6.07, 6.45) is 0.768. The van der Waals surface area contributed by atoms with Gasteiger partial charge < -0.3 is 15.0 Å². The molecule has 0 atom stereocenters. The van der Waals surface area contributed by atoms with E-state index >= 15 is 0 Å². The lowest BCUT2D eigenvalue weighted by Crippen LogP contribution is -2.19. The molecular formula is C23H20FN3O2. The summed E-state index contributed by atoms with van der Waals surface area (Å²) >= 11 is 0. The number of hydrogen-bond acceptors (Lipinski definition) is 3. The van der Waals surface area contributed by atoms with Gasteiger partial charge in [0.1, 0.15) is 18.2 Å². The smallest absolute Gasteiger partial charge is 0.250 e. The number of amides is 1. The molecule has 4 aromatic rings. The number of ether oxygens (including phenoxy) is 1. The first-order valence-corrected chi connectivity index (χ1v) is 9.34. The number of fused-ring (bicyclic) bond motifs is 1. The number of aromatic nitrogens is 2. The van der Waals surface area contributed by atoms with Crippen LogP contribution in [0, 0.1) is 5.82 Å². The number of imidazole rings is 1. The van der Waals surface area contributed by atoms with Gasteiger partial charge in [-0.25, -0.2) is 9.37 Å². The first-order chi connectivity index (χ1) is 14.2. The molecule has 4 rings (SSSR count). The zero-order chi connectivity index (χ0) is 20.1. The lowest BCUT2D eigenvalue weighted by atomic mass is 10.2. The molecule has 1 heterocycles. The molecule has 0 aliphatic carbocycles. The first-order valence-electron chi connectivity index (χ1n) is 9.34. The Balaban J connectivity index is 1.30. The second-order valence-corrected chi connectivity index (χ2v) is 6.66. The van der Waals surface area contributed by atoms with Crippen molar-refractivity contribution in [1.29, 1.82) is 0 Å². The van der Waals surface area contributed by atoms with Crippen LogP contribution in [0.1, 0.15) is 5.56 Å². The van der Waals surface area contributed by atoms with Gasteiger partial charge in [-0.2, -0.15) is 0 Å². The normalized spacial score (nSPS) is 10.9. The maximum atomic E-state index is 13.3. The van der Waals surface area contributed by atoms with E-state index < -0.39 is 0 Å². The van der Waals surface area contributed by atoms with Crippen LogP contribution in [0.5, 0.6) is 0 Å². The minimum absolute atomic E-state index is 0.00369. The van der Waals surface area contributed by atoms with Gasteiger partial charge in [-0.3, -0.25) is 4.79 Å². The molecule has 0 unspecified atom stereocenters. The minimum Gasteiger partial charge on any atom is -0.371 e. The summed E-state index contributed by atoms with van der Waals surface area (Å²) in [5.74, 6) is 0.134. The van der Waals surface area contributed by atoms with Gasteiger partial charge in [0, 0.05) is 11.3 Å². The highest BCUT2D eigenvalue weighted by molar-refractivity contribution is 5.92. The molecule has 2 N–H and O–H groups in total. The van der Waals surface area contributed by atoms with E-state index in [1.807, 2.05) is 42.5 Å². The summed E-state index contributed by atoms with van der Waals surface area (Å²) < 4.78 is 18.8. The Morgan fingerprint density at radius 2 is 1.83 bits per heavy atom. The van der Waals surface area contributed by atoms with Crippen LogP contribution in [-0.2, 0) is 16.0 Å². The van der Waals surface area contributed by atoms with Crippen molar-refractivity contribution in [2.24, 2.45) is 0 Å². The zero-order valence-corrected chi connectivity index (χ0v) is 15.7. The monoisotopic (exact) mass is 389 g/mol. The summed E-state index contributed by atoms with van der Waals surface area (Å²) in [4.78, 5) is 19.6. The fraction of sp³-hybridized carbons (Fsp3) is 0.130. The average Bonchev–Trinajstić information content (AvgIpc) is 3.16. The van der Waals surface area contributed by atoms with Gasteiger partial charge in [0.05, 0.1) is 17.6 Å². The average molecular weight is 389 g/mol. The molecule has 0 saturated heterocycles. The molecule has 5 nitrogen and oxygen atoms in total. The molecule has 0 radical (unpaired) electrons. The van der Waals surface area contributed by atoms with Crippen molar-refractivity contribution in [3.8, 4) is 11.4 Å². The van der Waals surface area contributed by atoms with Crippen molar-refractivity contribution < 1.29 is 13.9 Å². The summed E-state index contributed by atoms with van der Waals surface area (Å²) in [6, 6.07) is 21.7. The summed E-state index contributed by atoms with van der Waals surface area (Å²) in [7, 11) is 0. The number of anilines is 1. The van der Waals surface area contributed by atoms with Gasteiger partial charge in [0.15, 0.2) is 0 Å². The lowest BCUT2D eigenvalue weighted by molar-refractivity contribution is -0.120. The van der Waals surface area contributed by atoms with Crippen LogP contribution in [0.4, 0.5) is 10.1 Å².